The van der Waals surface area contributed by atoms with Gasteiger partial charge in [-0.15, -0.1) is 0 Å². The Balaban J connectivity index is 1.53. The van der Waals surface area contributed by atoms with Crippen LogP contribution < -0.4 is 15.2 Å². The third-order valence-electron chi connectivity index (χ3n) is 6.23. The molecule has 2 heterocycles. The molecule has 0 aliphatic carbocycles. The zero-order chi connectivity index (χ0) is 29.5. The van der Waals surface area contributed by atoms with Crippen LogP contribution in [0, 0.1) is 5.92 Å². The first-order valence-electron chi connectivity index (χ1n) is 12.8. The number of likely N-dealkylation sites (tertiary alicyclic amines) is 1. The lowest BCUT2D eigenvalue weighted by atomic mass is 9.94. The van der Waals surface area contributed by atoms with E-state index in [1.165, 1.54) is 30.3 Å². The van der Waals surface area contributed by atoms with Crippen molar-refractivity contribution in [3.05, 3.63) is 42.2 Å². The first-order chi connectivity index (χ1) is 18.8. The molecule has 1 amide bonds. The van der Waals surface area contributed by atoms with Gasteiger partial charge in [0.05, 0.1) is 30.7 Å². The van der Waals surface area contributed by atoms with Crippen molar-refractivity contribution in [1.82, 2.24) is 14.8 Å². The summed E-state index contributed by atoms with van der Waals surface area (Å²) < 4.78 is 48.3. The van der Waals surface area contributed by atoms with Crippen molar-refractivity contribution >= 4 is 27.9 Å². The molecule has 1 aliphatic heterocycles. The van der Waals surface area contributed by atoms with Crippen LogP contribution in [0.4, 0.5) is 4.79 Å². The largest absolute Gasteiger partial charge is 0.475 e. The van der Waals surface area contributed by atoms with Crippen LogP contribution >= 0.6 is 0 Å². The lowest BCUT2D eigenvalue weighted by Crippen LogP contribution is -2.56. The van der Waals surface area contributed by atoms with Crippen LogP contribution in [0.25, 0.3) is 0 Å². The molecule has 2 unspecified atom stereocenters. The van der Waals surface area contributed by atoms with Gasteiger partial charge in [-0.2, -0.15) is 4.72 Å². The third-order valence-corrected chi connectivity index (χ3v) is 7.68. The van der Waals surface area contributed by atoms with E-state index < -0.39 is 39.5 Å². The molecule has 3 N–H and O–H groups in total. The average molecular weight is 581 g/mol. The number of Topliss-reactive ketones (excluding diaryl/α,β-unsaturated/α-hetero) is 1. The highest BCUT2D eigenvalue weighted by Crippen LogP contribution is 2.23. The summed E-state index contributed by atoms with van der Waals surface area (Å²) in [6.07, 6.45) is 1.98. The van der Waals surface area contributed by atoms with Gasteiger partial charge in [0, 0.05) is 13.1 Å². The molecule has 0 radical (unpaired) electrons. The minimum atomic E-state index is -4.19. The number of rotatable bonds is 11. The summed E-state index contributed by atoms with van der Waals surface area (Å²) in [4.78, 5) is 39.1. The second kappa shape index (κ2) is 13.2. The fourth-order valence-electron chi connectivity index (χ4n) is 4.05. The number of methoxy groups -OCH3 is 1. The second-order valence-electron chi connectivity index (χ2n) is 10.4. The van der Waals surface area contributed by atoms with Gasteiger partial charge in [-0.05, 0) is 63.2 Å². The lowest BCUT2D eigenvalue weighted by Gasteiger charge is -2.33. The first-order valence-corrected chi connectivity index (χ1v) is 14.3. The number of benzene rings is 1. The molecule has 1 aromatic carbocycles. The SMILES string of the molecule is COC(=O)C(NS(=O)(=O)c1ccccc1)C(N)C(=O)c1cc(OCCC2CCN(C(=O)OC(C)(C)C)CC2)no1. The summed E-state index contributed by atoms with van der Waals surface area (Å²) in [5.74, 6) is -1.85. The highest BCUT2D eigenvalue weighted by molar-refractivity contribution is 7.89. The maximum Gasteiger partial charge on any atom is 0.410 e. The number of esters is 1. The number of amides is 1. The molecule has 13 nitrogen and oxygen atoms in total. The first kappa shape index (κ1) is 31.0. The van der Waals surface area contributed by atoms with Crippen LogP contribution in [0.5, 0.6) is 5.88 Å². The van der Waals surface area contributed by atoms with Gasteiger partial charge in [0.1, 0.15) is 11.6 Å². The number of carbonyl (C=O) groups excluding carboxylic acids is 3. The number of ketones is 1. The van der Waals surface area contributed by atoms with E-state index in [0.29, 0.717) is 32.0 Å². The number of sulfonamides is 1. The molecule has 0 spiro atoms. The van der Waals surface area contributed by atoms with E-state index >= 15 is 0 Å². The zero-order valence-electron chi connectivity index (χ0n) is 23.0. The summed E-state index contributed by atoms with van der Waals surface area (Å²) in [5, 5.41) is 3.72. The number of carbonyl (C=O) groups is 3. The van der Waals surface area contributed by atoms with Crippen molar-refractivity contribution in [3.8, 4) is 5.88 Å². The third kappa shape index (κ3) is 8.50. The number of ether oxygens (including phenoxy) is 3. The highest BCUT2D eigenvalue weighted by atomic mass is 32.2. The van der Waals surface area contributed by atoms with Crippen molar-refractivity contribution in [2.75, 3.05) is 26.8 Å². The smallest absolute Gasteiger partial charge is 0.410 e. The van der Waals surface area contributed by atoms with Crippen molar-refractivity contribution < 1.29 is 41.5 Å². The second-order valence-corrected chi connectivity index (χ2v) is 12.1. The number of hydrogen-bond donors (Lipinski definition) is 2. The molecule has 14 heteroatoms. The number of piperidine rings is 1. The maximum atomic E-state index is 12.9. The van der Waals surface area contributed by atoms with Gasteiger partial charge in [-0.25, -0.2) is 13.2 Å². The van der Waals surface area contributed by atoms with E-state index in [2.05, 4.69) is 14.6 Å². The van der Waals surface area contributed by atoms with Gasteiger partial charge >= 0.3 is 12.1 Å². The molecule has 220 valence electrons. The number of hydrogen-bond acceptors (Lipinski definition) is 11. The quantitative estimate of drug-likeness (QED) is 0.293. The summed E-state index contributed by atoms with van der Waals surface area (Å²) in [7, 11) is -3.15. The predicted molar refractivity (Wildman–Crippen MR) is 142 cm³/mol. The Morgan fingerprint density at radius 3 is 2.42 bits per heavy atom. The normalized spacial score (nSPS) is 16.2. The standard InChI is InChI=1S/C26H36N4O9S/c1-26(2,3)38-25(33)30-13-10-17(11-14-30)12-15-37-20-16-19(39-28-20)23(31)21(27)22(24(32)36-4)29-40(34,35)18-8-6-5-7-9-18/h5-9,16-17,21-22,29H,10-15,27H2,1-4H3. The van der Waals surface area contributed by atoms with Crippen LogP contribution in [-0.4, -0.2) is 80.8 Å². The monoisotopic (exact) mass is 580 g/mol. The molecule has 2 atom stereocenters. The van der Waals surface area contributed by atoms with Gasteiger partial charge in [0.25, 0.3) is 5.88 Å². The number of nitrogens with zero attached hydrogens (tertiary/aromatic N) is 2. The molecular weight excluding hydrogens is 544 g/mol. The van der Waals surface area contributed by atoms with Crippen LogP contribution in [0.3, 0.4) is 0 Å². The van der Waals surface area contributed by atoms with Gasteiger partial charge in [-0.1, -0.05) is 18.2 Å². The molecule has 1 saturated heterocycles. The van der Waals surface area contributed by atoms with Crippen molar-refractivity contribution in [3.63, 3.8) is 0 Å². The fraction of sp³-hybridized carbons (Fsp3) is 0.538. The molecular formula is C26H36N4O9S. The summed E-state index contributed by atoms with van der Waals surface area (Å²) >= 11 is 0. The summed E-state index contributed by atoms with van der Waals surface area (Å²) in [5.41, 5.74) is 5.44. The van der Waals surface area contributed by atoms with E-state index in [1.54, 1.807) is 11.0 Å². The molecule has 0 saturated carbocycles. The van der Waals surface area contributed by atoms with Gasteiger partial charge < -0.3 is 29.4 Å². The highest BCUT2D eigenvalue weighted by Gasteiger charge is 2.37. The minimum absolute atomic E-state index is 0.0428. The summed E-state index contributed by atoms with van der Waals surface area (Å²) in [6, 6.07) is 5.15. The Morgan fingerprint density at radius 1 is 1.18 bits per heavy atom. The molecule has 1 aromatic heterocycles. The maximum absolute atomic E-state index is 12.9. The van der Waals surface area contributed by atoms with E-state index in [-0.39, 0.29) is 22.6 Å². The zero-order valence-corrected chi connectivity index (χ0v) is 23.8. The number of nitrogens with one attached hydrogen (secondary N) is 1. The molecule has 3 rings (SSSR count). The fourth-order valence-corrected chi connectivity index (χ4v) is 5.28. The van der Waals surface area contributed by atoms with Crippen LogP contribution in [0.2, 0.25) is 0 Å². The average Bonchev–Trinajstić information content (AvgIpc) is 3.39. The Hall–Kier alpha value is -3.49. The number of aromatic nitrogens is 1. The van der Waals surface area contributed by atoms with Crippen molar-refractivity contribution in [2.45, 2.75) is 62.6 Å². The van der Waals surface area contributed by atoms with Crippen LogP contribution in [0.1, 0.15) is 50.6 Å². The Morgan fingerprint density at radius 2 is 1.82 bits per heavy atom. The lowest BCUT2D eigenvalue weighted by molar-refractivity contribution is -0.142. The predicted octanol–water partition coefficient (Wildman–Crippen LogP) is 2.12. The topological polar surface area (TPSA) is 180 Å². The molecule has 40 heavy (non-hydrogen) atoms. The van der Waals surface area contributed by atoms with Crippen molar-refractivity contribution in [1.29, 1.82) is 0 Å². The van der Waals surface area contributed by atoms with Gasteiger partial charge in [0.2, 0.25) is 21.6 Å². The van der Waals surface area contributed by atoms with E-state index in [9.17, 15) is 22.8 Å². The molecule has 1 fully saturated rings. The Kier molecular flexibility index (Phi) is 10.3. The summed E-state index contributed by atoms with van der Waals surface area (Å²) in [6.45, 7) is 6.97. The van der Waals surface area contributed by atoms with Gasteiger partial charge in [-0.3, -0.25) is 9.59 Å². The molecule has 0 bridgehead atoms. The minimum Gasteiger partial charge on any atom is -0.475 e. The van der Waals surface area contributed by atoms with Gasteiger partial charge in [0.15, 0.2) is 0 Å². The van der Waals surface area contributed by atoms with Crippen LogP contribution in [0.15, 0.2) is 45.8 Å². The van der Waals surface area contributed by atoms with Crippen LogP contribution in [-0.2, 0) is 24.3 Å². The molecule has 1 aliphatic rings. The number of nitrogens with two attached hydrogens (primary N) is 1. The Labute approximate surface area is 233 Å². The van der Waals surface area contributed by atoms with Crippen molar-refractivity contribution in [2.24, 2.45) is 11.7 Å². The molecule has 2 aromatic rings. The van der Waals surface area contributed by atoms with E-state index in [4.69, 9.17) is 19.7 Å². The van der Waals surface area contributed by atoms with E-state index in [0.717, 1.165) is 20.0 Å². The Bertz CT molecular complexity index is 1270. The van der Waals surface area contributed by atoms with E-state index in [1.807, 2.05) is 20.8 Å².